The molecule has 0 saturated carbocycles. The number of halogens is 1. The third-order valence-corrected chi connectivity index (χ3v) is 4.89. The van der Waals surface area contributed by atoms with Crippen LogP contribution in [0.15, 0.2) is 66.9 Å². The van der Waals surface area contributed by atoms with Crippen molar-refractivity contribution < 1.29 is 4.79 Å². The average molecular weight is 392 g/mol. The summed E-state index contributed by atoms with van der Waals surface area (Å²) < 4.78 is 1.56. The van der Waals surface area contributed by atoms with Gasteiger partial charge in [-0.15, -0.1) is 5.10 Å². The molecule has 4 rings (SSSR count). The van der Waals surface area contributed by atoms with Gasteiger partial charge in [-0.25, -0.2) is 9.50 Å². The third kappa shape index (κ3) is 3.73. The van der Waals surface area contributed by atoms with Gasteiger partial charge in [0, 0.05) is 16.9 Å². The maximum Gasteiger partial charge on any atom is 0.291 e. The Morgan fingerprint density at radius 1 is 1.11 bits per heavy atom. The fourth-order valence-corrected chi connectivity index (χ4v) is 3.26. The van der Waals surface area contributed by atoms with Gasteiger partial charge in [0.15, 0.2) is 0 Å². The van der Waals surface area contributed by atoms with Crippen LogP contribution >= 0.6 is 11.6 Å². The fourth-order valence-electron chi connectivity index (χ4n) is 3.05. The minimum Gasteiger partial charge on any atom is -0.342 e. The van der Waals surface area contributed by atoms with Crippen molar-refractivity contribution in [1.29, 1.82) is 0 Å². The molecular formula is C21H18ClN5O. The van der Waals surface area contributed by atoms with Crippen LogP contribution in [0.4, 0.5) is 0 Å². The number of rotatable bonds is 5. The van der Waals surface area contributed by atoms with Crippen LogP contribution in [0, 0.1) is 6.92 Å². The summed E-state index contributed by atoms with van der Waals surface area (Å²) in [5.41, 5.74) is 2.79. The third-order valence-electron chi connectivity index (χ3n) is 4.52. The molecule has 4 aromatic rings. The zero-order chi connectivity index (χ0) is 19.5. The molecule has 28 heavy (non-hydrogen) atoms. The minimum absolute atomic E-state index is 0.0851. The van der Waals surface area contributed by atoms with Gasteiger partial charge in [-0.05, 0) is 36.6 Å². The van der Waals surface area contributed by atoms with Crippen molar-refractivity contribution in [3.05, 3.63) is 94.5 Å². The number of aromatic nitrogens is 4. The van der Waals surface area contributed by atoms with Crippen LogP contribution in [0.5, 0.6) is 0 Å². The summed E-state index contributed by atoms with van der Waals surface area (Å²) in [7, 11) is 0. The number of fused-ring (bicyclic) bond motifs is 1. The predicted octanol–water partition coefficient (Wildman–Crippen LogP) is 3.80. The average Bonchev–Trinajstić information content (AvgIpc) is 3.16. The van der Waals surface area contributed by atoms with E-state index in [0.29, 0.717) is 17.2 Å². The number of benzene rings is 2. The van der Waals surface area contributed by atoms with Crippen LogP contribution in [0.2, 0.25) is 5.02 Å². The number of hydrogen-bond donors (Lipinski definition) is 1. The van der Waals surface area contributed by atoms with Gasteiger partial charge in [-0.1, -0.05) is 60.1 Å². The van der Waals surface area contributed by atoms with E-state index in [1.54, 1.807) is 10.7 Å². The van der Waals surface area contributed by atoms with E-state index in [1.807, 2.05) is 67.6 Å². The lowest BCUT2D eigenvalue weighted by atomic mass is 9.98. The summed E-state index contributed by atoms with van der Waals surface area (Å²) in [5, 5.41) is 8.00. The molecule has 0 spiro atoms. The normalized spacial score (nSPS) is 12.1. The fraction of sp³-hybridized carbons (Fsp3) is 0.143. The summed E-state index contributed by atoms with van der Waals surface area (Å²) in [6, 6.07) is 18.9. The van der Waals surface area contributed by atoms with Crippen LogP contribution in [-0.4, -0.2) is 25.5 Å². The Bertz CT molecular complexity index is 1130. The molecule has 7 heteroatoms. The Labute approximate surface area is 167 Å². The molecule has 0 aliphatic carbocycles. The van der Waals surface area contributed by atoms with Crippen molar-refractivity contribution in [3.8, 4) is 0 Å². The maximum absolute atomic E-state index is 12.9. The zero-order valence-electron chi connectivity index (χ0n) is 15.2. The highest BCUT2D eigenvalue weighted by Gasteiger charge is 2.21. The Morgan fingerprint density at radius 2 is 1.86 bits per heavy atom. The molecule has 0 aliphatic heterocycles. The number of carbonyl (C=O) groups is 1. The molecule has 0 bridgehead atoms. The van der Waals surface area contributed by atoms with Crippen LogP contribution in [-0.2, 0) is 6.42 Å². The number of carbonyl (C=O) groups excluding carboxylic acids is 1. The maximum atomic E-state index is 12.9. The number of nitrogens with zero attached hydrogens (tertiary/aromatic N) is 4. The van der Waals surface area contributed by atoms with Gasteiger partial charge in [0.05, 0.1) is 6.04 Å². The molecule has 1 N–H and O–H groups in total. The second-order valence-electron chi connectivity index (χ2n) is 6.47. The lowest BCUT2D eigenvalue weighted by Crippen LogP contribution is -2.31. The quantitative estimate of drug-likeness (QED) is 0.561. The van der Waals surface area contributed by atoms with Crippen LogP contribution in [0.25, 0.3) is 5.78 Å². The van der Waals surface area contributed by atoms with E-state index in [0.717, 1.165) is 16.8 Å². The zero-order valence-corrected chi connectivity index (χ0v) is 16.0. The topological polar surface area (TPSA) is 72.2 Å². The lowest BCUT2D eigenvalue weighted by Gasteiger charge is -2.19. The molecule has 140 valence electrons. The minimum atomic E-state index is -0.356. The smallest absolute Gasteiger partial charge is 0.291 e. The molecule has 0 aliphatic rings. The van der Waals surface area contributed by atoms with Gasteiger partial charge in [-0.2, -0.15) is 4.98 Å². The van der Waals surface area contributed by atoms with Crippen LogP contribution < -0.4 is 5.32 Å². The number of nitrogens with one attached hydrogen (secondary N) is 1. The Balaban J connectivity index is 1.63. The lowest BCUT2D eigenvalue weighted by molar-refractivity contribution is 0.0926. The molecule has 0 unspecified atom stereocenters. The first kappa shape index (κ1) is 18.1. The number of amides is 1. The van der Waals surface area contributed by atoms with E-state index < -0.39 is 0 Å². The largest absolute Gasteiger partial charge is 0.342 e. The van der Waals surface area contributed by atoms with Crippen molar-refractivity contribution in [1.82, 2.24) is 24.9 Å². The van der Waals surface area contributed by atoms with E-state index in [2.05, 4.69) is 20.4 Å². The van der Waals surface area contributed by atoms with Gasteiger partial charge in [-0.3, -0.25) is 4.79 Å². The second kappa shape index (κ2) is 7.78. The van der Waals surface area contributed by atoms with E-state index >= 15 is 0 Å². The van der Waals surface area contributed by atoms with Crippen molar-refractivity contribution >= 4 is 23.3 Å². The SMILES string of the molecule is Cc1ccnc2nc(C(=O)N[C@H](Cc3ccccc3Cl)c3ccccc3)nn12. The molecule has 1 amide bonds. The summed E-state index contributed by atoms with van der Waals surface area (Å²) in [5.74, 6) is 0.125. The van der Waals surface area contributed by atoms with E-state index in [-0.39, 0.29) is 17.8 Å². The molecule has 0 fully saturated rings. The van der Waals surface area contributed by atoms with E-state index in [4.69, 9.17) is 11.6 Å². The molecule has 2 aromatic heterocycles. The summed E-state index contributed by atoms with van der Waals surface area (Å²) >= 11 is 6.33. The number of hydrogen-bond acceptors (Lipinski definition) is 4. The van der Waals surface area contributed by atoms with Crippen molar-refractivity contribution in [2.75, 3.05) is 0 Å². The second-order valence-corrected chi connectivity index (χ2v) is 6.87. The molecule has 6 nitrogen and oxygen atoms in total. The Kier molecular flexibility index (Phi) is 5.04. The van der Waals surface area contributed by atoms with E-state index in [9.17, 15) is 4.79 Å². The monoisotopic (exact) mass is 391 g/mol. The van der Waals surface area contributed by atoms with Gasteiger partial charge in [0.25, 0.3) is 11.7 Å². The first-order chi connectivity index (χ1) is 13.6. The molecule has 2 heterocycles. The summed E-state index contributed by atoms with van der Waals surface area (Å²) in [4.78, 5) is 21.3. The standard InChI is InChI=1S/C21H18ClN5O/c1-14-11-12-23-21-25-19(26-27(14)21)20(28)24-18(15-7-3-2-4-8-15)13-16-9-5-6-10-17(16)22/h2-12,18H,13H2,1H3,(H,24,28)/t18-/m1/s1. The number of aryl methyl sites for hydroxylation is 1. The molecule has 1 atom stereocenters. The van der Waals surface area contributed by atoms with Gasteiger partial charge < -0.3 is 5.32 Å². The first-order valence-electron chi connectivity index (χ1n) is 8.89. The van der Waals surface area contributed by atoms with Gasteiger partial charge >= 0.3 is 0 Å². The van der Waals surface area contributed by atoms with Crippen molar-refractivity contribution in [2.45, 2.75) is 19.4 Å². The highest BCUT2D eigenvalue weighted by atomic mass is 35.5. The van der Waals surface area contributed by atoms with Crippen LogP contribution in [0.1, 0.15) is 33.5 Å². The van der Waals surface area contributed by atoms with Gasteiger partial charge in [0.2, 0.25) is 5.82 Å². The summed E-state index contributed by atoms with van der Waals surface area (Å²) in [6.45, 7) is 1.88. The van der Waals surface area contributed by atoms with Crippen LogP contribution in [0.3, 0.4) is 0 Å². The Hall–Kier alpha value is -3.25. The molecule has 0 radical (unpaired) electrons. The summed E-state index contributed by atoms with van der Waals surface area (Å²) in [6.07, 6.45) is 2.20. The highest BCUT2D eigenvalue weighted by Crippen LogP contribution is 2.23. The van der Waals surface area contributed by atoms with Gasteiger partial charge in [0.1, 0.15) is 0 Å². The van der Waals surface area contributed by atoms with Crippen molar-refractivity contribution in [3.63, 3.8) is 0 Å². The molecular weight excluding hydrogens is 374 g/mol. The molecule has 0 saturated heterocycles. The predicted molar refractivity (Wildman–Crippen MR) is 107 cm³/mol. The first-order valence-corrected chi connectivity index (χ1v) is 9.27. The Morgan fingerprint density at radius 3 is 2.61 bits per heavy atom. The highest BCUT2D eigenvalue weighted by molar-refractivity contribution is 6.31. The van der Waals surface area contributed by atoms with Crippen molar-refractivity contribution in [2.24, 2.45) is 0 Å². The molecule has 2 aromatic carbocycles. The van der Waals surface area contributed by atoms with E-state index in [1.165, 1.54) is 0 Å².